The fraction of sp³-hybridized carbons (Fsp3) is 0.562. The van der Waals surface area contributed by atoms with Crippen molar-refractivity contribution in [2.75, 3.05) is 33.9 Å². The molecule has 1 aliphatic heterocycles. The zero-order valence-corrected chi connectivity index (χ0v) is 15.8. The van der Waals surface area contributed by atoms with Gasteiger partial charge in [0.15, 0.2) is 5.96 Å². The molecule has 22 heavy (non-hydrogen) atoms. The molecular weight excluding hydrogens is 396 g/mol. The summed E-state index contributed by atoms with van der Waals surface area (Å²) in [6, 6.07) is 5.32. The molecule has 1 aromatic rings. The molecule has 1 atom stereocenters. The fourth-order valence-corrected chi connectivity index (χ4v) is 2.66. The first-order valence-electron chi connectivity index (χ1n) is 7.33. The molecule has 1 saturated heterocycles. The third kappa shape index (κ3) is 5.08. The lowest BCUT2D eigenvalue weighted by molar-refractivity contribution is 0.157. The van der Waals surface area contributed by atoms with Gasteiger partial charge in [-0.15, -0.1) is 24.0 Å². The van der Waals surface area contributed by atoms with Crippen LogP contribution in [0.15, 0.2) is 23.2 Å². The summed E-state index contributed by atoms with van der Waals surface area (Å²) < 4.78 is 18.8. The van der Waals surface area contributed by atoms with Crippen LogP contribution < -0.4 is 5.32 Å². The summed E-state index contributed by atoms with van der Waals surface area (Å²) in [5.74, 6) is 1.27. The molecule has 0 amide bonds. The largest absolute Gasteiger partial charge is 0.384 e. The van der Waals surface area contributed by atoms with E-state index in [1.807, 2.05) is 6.07 Å². The SMILES string of the molecule is CN=C(NCc1ccc(C)c(F)c1)N1CCC(COC)C1.I. The van der Waals surface area contributed by atoms with Gasteiger partial charge in [0.1, 0.15) is 5.82 Å². The van der Waals surface area contributed by atoms with Crippen LogP contribution in [0.3, 0.4) is 0 Å². The molecule has 0 bridgehead atoms. The molecule has 0 saturated carbocycles. The Morgan fingerprint density at radius 3 is 2.91 bits per heavy atom. The van der Waals surface area contributed by atoms with Crippen molar-refractivity contribution in [3.63, 3.8) is 0 Å². The third-order valence-electron chi connectivity index (χ3n) is 3.89. The lowest BCUT2D eigenvalue weighted by Gasteiger charge is -2.21. The molecule has 1 heterocycles. The maximum atomic E-state index is 13.5. The molecule has 0 aliphatic carbocycles. The minimum Gasteiger partial charge on any atom is -0.384 e. The van der Waals surface area contributed by atoms with Gasteiger partial charge >= 0.3 is 0 Å². The first-order valence-corrected chi connectivity index (χ1v) is 7.33. The van der Waals surface area contributed by atoms with Gasteiger partial charge in [0.2, 0.25) is 0 Å². The predicted molar refractivity (Wildman–Crippen MR) is 98.3 cm³/mol. The highest BCUT2D eigenvalue weighted by atomic mass is 127. The van der Waals surface area contributed by atoms with E-state index >= 15 is 0 Å². The summed E-state index contributed by atoms with van der Waals surface area (Å²) >= 11 is 0. The van der Waals surface area contributed by atoms with Crippen molar-refractivity contribution >= 4 is 29.9 Å². The van der Waals surface area contributed by atoms with E-state index in [4.69, 9.17) is 4.74 Å². The molecule has 1 N–H and O–H groups in total. The van der Waals surface area contributed by atoms with Gasteiger partial charge in [-0.1, -0.05) is 12.1 Å². The van der Waals surface area contributed by atoms with E-state index < -0.39 is 0 Å². The van der Waals surface area contributed by atoms with Crippen LogP contribution in [0.2, 0.25) is 0 Å². The lowest BCUT2D eigenvalue weighted by atomic mass is 10.1. The highest BCUT2D eigenvalue weighted by molar-refractivity contribution is 14.0. The van der Waals surface area contributed by atoms with Crippen LogP contribution in [-0.2, 0) is 11.3 Å². The Balaban J connectivity index is 0.00000242. The molecule has 6 heteroatoms. The summed E-state index contributed by atoms with van der Waals surface area (Å²) in [6.45, 7) is 5.07. The molecule has 0 spiro atoms. The van der Waals surface area contributed by atoms with E-state index in [1.165, 1.54) is 0 Å². The van der Waals surface area contributed by atoms with Gasteiger partial charge in [0.25, 0.3) is 0 Å². The minimum atomic E-state index is -0.161. The number of rotatable bonds is 4. The minimum absolute atomic E-state index is 0. The summed E-state index contributed by atoms with van der Waals surface area (Å²) in [4.78, 5) is 6.55. The Morgan fingerprint density at radius 2 is 2.27 bits per heavy atom. The van der Waals surface area contributed by atoms with Crippen molar-refractivity contribution in [2.24, 2.45) is 10.9 Å². The Morgan fingerprint density at radius 1 is 1.50 bits per heavy atom. The molecule has 4 nitrogen and oxygen atoms in total. The van der Waals surface area contributed by atoms with E-state index in [0.29, 0.717) is 18.0 Å². The van der Waals surface area contributed by atoms with Crippen molar-refractivity contribution in [1.82, 2.24) is 10.2 Å². The maximum Gasteiger partial charge on any atom is 0.193 e. The van der Waals surface area contributed by atoms with Gasteiger partial charge in [-0.05, 0) is 30.5 Å². The van der Waals surface area contributed by atoms with Gasteiger partial charge in [0.05, 0.1) is 6.61 Å². The van der Waals surface area contributed by atoms with Crippen molar-refractivity contribution in [1.29, 1.82) is 0 Å². The van der Waals surface area contributed by atoms with E-state index in [0.717, 1.165) is 37.6 Å². The molecule has 0 radical (unpaired) electrons. The number of hydrogen-bond acceptors (Lipinski definition) is 2. The predicted octanol–water partition coefficient (Wildman–Crippen LogP) is 2.80. The number of likely N-dealkylation sites (tertiary alicyclic amines) is 1. The number of methoxy groups -OCH3 is 1. The molecule has 0 aromatic heterocycles. The van der Waals surface area contributed by atoms with Crippen LogP contribution in [0.4, 0.5) is 4.39 Å². The second kappa shape index (κ2) is 9.29. The van der Waals surface area contributed by atoms with Crippen molar-refractivity contribution < 1.29 is 9.13 Å². The van der Waals surface area contributed by atoms with E-state index in [9.17, 15) is 4.39 Å². The standard InChI is InChI=1S/C16H24FN3O.HI/c1-12-4-5-13(8-15(12)17)9-19-16(18-2)20-7-6-14(10-20)11-21-3;/h4-5,8,14H,6-7,9-11H2,1-3H3,(H,18,19);1H. The van der Waals surface area contributed by atoms with E-state index in [2.05, 4.69) is 15.2 Å². The normalized spacial score (nSPS) is 18.3. The number of halogens is 2. The van der Waals surface area contributed by atoms with Gasteiger partial charge < -0.3 is 15.0 Å². The quantitative estimate of drug-likeness (QED) is 0.462. The number of ether oxygens (including phenoxy) is 1. The molecular formula is C16H25FIN3O. The topological polar surface area (TPSA) is 36.9 Å². The maximum absolute atomic E-state index is 13.5. The Labute approximate surface area is 149 Å². The number of aliphatic imine (C=N–C) groups is 1. The van der Waals surface area contributed by atoms with Crippen LogP contribution in [-0.4, -0.2) is 44.7 Å². The van der Waals surface area contributed by atoms with Crippen LogP contribution >= 0.6 is 24.0 Å². The summed E-state index contributed by atoms with van der Waals surface area (Å²) in [7, 11) is 3.52. The smallest absolute Gasteiger partial charge is 0.193 e. The summed E-state index contributed by atoms with van der Waals surface area (Å²) in [5, 5.41) is 3.31. The fourth-order valence-electron chi connectivity index (χ4n) is 2.66. The monoisotopic (exact) mass is 421 g/mol. The Kier molecular flexibility index (Phi) is 8.09. The highest BCUT2D eigenvalue weighted by Crippen LogP contribution is 2.16. The second-order valence-electron chi connectivity index (χ2n) is 5.54. The third-order valence-corrected chi connectivity index (χ3v) is 3.89. The first-order chi connectivity index (χ1) is 10.1. The van der Waals surface area contributed by atoms with Gasteiger partial charge in [-0.25, -0.2) is 4.39 Å². The van der Waals surface area contributed by atoms with Crippen LogP contribution in [0.25, 0.3) is 0 Å². The van der Waals surface area contributed by atoms with E-state index in [1.54, 1.807) is 33.2 Å². The highest BCUT2D eigenvalue weighted by Gasteiger charge is 2.24. The average Bonchev–Trinajstić information content (AvgIpc) is 2.92. The number of benzene rings is 1. The average molecular weight is 421 g/mol. The molecule has 2 rings (SSSR count). The number of nitrogens with one attached hydrogen (secondary N) is 1. The number of guanidine groups is 1. The van der Waals surface area contributed by atoms with Crippen molar-refractivity contribution in [2.45, 2.75) is 19.9 Å². The van der Waals surface area contributed by atoms with Gasteiger partial charge in [-0.2, -0.15) is 0 Å². The number of nitrogens with zero attached hydrogens (tertiary/aromatic N) is 2. The number of hydrogen-bond donors (Lipinski definition) is 1. The zero-order chi connectivity index (χ0) is 15.2. The van der Waals surface area contributed by atoms with Crippen LogP contribution in [0, 0.1) is 18.7 Å². The Bertz CT molecular complexity index is 510. The van der Waals surface area contributed by atoms with Crippen molar-refractivity contribution in [3.8, 4) is 0 Å². The molecule has 1 fully saturated rings. The number of aryl methyl sites for hydroxylation is 1. The zero-order valence-electron chi connectivity index (χ0n) is 13.4. The van der Waals surface area contributed by atoms with Crippen molar-refractivity contribution in [3.05, 3.63) is 35.1 Å². The summed E-state index contributed by atoms with van der Waals surface area (Å²) in [6.07, 6.45) is 1.12. The Hall–Kier alpha value is -0.890. The van der Waals surface area contributed by atoms with Gasteiger partial charge in [0, 0.05) is 39.7 Å². The lowest BCUT2D eigenvalue weighted by Crippen LogP contribution is -2.39. The molecule has 1 unspecified atom stereocenters. The molecule has 124 valence electrons. The summed E-state index contributed by atoms with van der Waals surface area (Å²) in [5.41, 5.74) is 1.59. The first kappa shape index (κ1) is 19.2. The van der Waals surface area contributed by atoms with Crippen LogP contribution in [0.5, 0.6) is 0 Å². The molecule has 1 aliphatic rings. The second-order valence-corrected chi connectivity index (χ2v) is 5.54. The molecule has 1 aromatic carbocycles. The van der Waals surface area contributed by atoms with Gasteiger partial charge in [-0.3, -0.25) is 4.99 Å². The van der Waals surface area contributed by atoms with Crippen LogP contribution in [0.1, 0.15) is 17.5 Å². The van der Waals surface area contributed by atoms with E-state index in [-0.39, 0.29) is 29.8 Å².